The summed E-state index contributed by atoms with van der Waals surface area (Å²) in [6.45, 7) is 8.76. The zero-order valence-corrected chi connectivity index (χ0v) is 12.0. The molecule has 0 aromatic rings. The van der Waals surface area contributed by atoms with Crippen molar-refractivity contribution < 1.29 is 8.42 Å². The largest absolute Gasteiger partial charge is 0.314 e. The van der Waals surface area contributed by atoms with Crippen LogP contribution in [-0.4, -0.2) is 69.2 Å². The zero-order chi connectivity index (χ0) is 12.9. The average Bonchev–Trinajstić information content (AvgIpc) is 2.29. The fourth-order valence-corrected chi connectivity index (χ4v) is 3.29. The third-order valence-corrected chi connectivity index (χ3v) is 5.36. The van der Waals surface area contributed by atoms with Gasteiger partial charge in [0.25, 0.3) is 0 Å². The molecule has 0 spiro atoms. The maximum absolute atomic E-state index is 11.9. The van der Waals surface area contributed by atoms with Crippen molar-refractivity contribution in [3.8, 4) is 0 Å². The third kappa shape index (κ3) is 4.91. The SMILES string of the molecule is CC(C)N(C)S(=O)(=O)CCCN1CCNCC1. The van der Waals surface area contributed by atoms with Crippen molar-refractivity contribution in [2.75, 3.05) is 45.5 Å². The smallest absolute Gasteiger partial charge is 0.214 e. The molecule has 1 aliphatic heterocycles. The van der Waals surface area contributed by atoms with E-state index >= 15 is 0 Å². The number of rotatable bonds is 6. The van der Waals surface area contributed by atoms with E-state index in [-0.39, 0.29) is 11.8 Å². The Bertz CT molecular complexity index is 311. The molecule has 1 fully saturated rings. The van der Waals surface area contributed by atoms with Crippen molar-refractivity contribution in [3.63, 3.8) is 0 Å². The Hall–Kier alpha value is -0.170. The van der Waals surface area contributed by atoms with E-state index < -0.39 is 10.0 Å². The molecule has 0 aromatic heterocycles. The molecule has 0 radical (unpaired) electrons. The van der Waals surface area contributed by atoms with Crippen molar-refractivity contribution >= 4 is 10.0 Å². The summed E-state index contributed by atoms with van der Waals surface area (Å²) in [5.74, 6) is 0.256. The number of nitrogens with one attached hydrogen (secondary N) is 1. The Kier molecular flexibility index (Phi) is 5.85. The van der Waals surface area contributed by atoms with Gasteiger partial charge in [0.15, 0.2) is 0 Å². The first-order valence-electron chi connectivity index (χ1n) is 6.32. The van der Waals surface area contributed by atoms with E-state index in [0.717, 1.165) is 39.1 Å². The van der Waals surface area contributed by atoms with Crippen LogP contribution in [0.2, 0.25) is 0 Å². The van der Waals surface area contributed by atoms with Crippen LogP contribution in [0.15, 0.2) is 0 Å². The van der Waals surface area contributed by atoms with Crippen LogP contribution in [0.5, 0.6) is 0 Å². The Labute approximate surface area is 105 Å². The van der Waals surface area contributed by atoms with Crippen LogP contribution < -0.4 is 5.32 Å². The van der Waals surface area contributed by atoms with Gasteiger partial charge in [0.05, 0.1) is 5.75 Å². The highest BCUT2D eigenvalue weighted by Gasteiger charge is 2.20. The lowest BCUT2D eigenvalue weighted by atomic mass is 10.3. The molecule has 0 unspecified atom stereocenters. The second-order valence-electron chi connectivity index (χ2n) is 4.87. The standard InChI is InChI=1S/C11H25N3O2S/c1-11(2)13(3)17(15,16)10-4-7-14-8-5-12-6-9-14/h11-12H,4-10H2,1-3H3. The van der Waals surface area contributed by atoms with E-state index in [0.29, 0.717) is 0 Å². The lowest BCUT2D eigenvalue weighted by Crippen LogP contribution is -2.44. The van der Waals surface area contributed by atoms with E-state index in [9.17, 15) is 8.42 Å². The molecule has 0 bridgehead atoms. The van der Waals surface area contributed by atoms with Crippen LogP contribution >= 0.6 is 0 Å². The quantitative estimate of drug-likeness (QED) is 0.730. The lowest BCUT2D eigenvalue weighted by Gasteiger charge is -2.27. The third-order valence-electron chi connectivity index (χ3n) is 3.25. The molecule has 1 N–H and O–H groups in total. The minimum atomic E-state index is -3.07. The highest BCUT2D eigenvalue weighted by molar-refractivity contribution is 7.89. The van der Waals surface area contributed by atoms with Gasteiger partial charge in [0.2, 0.25) is 10.0 Å². The minimum absolute atomic E-state index is 0.0409. The summed E-state index contributed by atoms with van der Waals surface area (Å²) < 4.78 is 25.3. The molecule has 0 aliphatic carbocycles. The van der Waals surface area contributed by atoms with E-state index in [4.69, 9.17) is 0 Å². The summed E-state index contributed by atoms with van der Waals surface area (Å²) >= 11 is 0. The first-order chi connectivity index (χ1) is 7.93. The summed E-state index contributed by atoms with van der Waals surface area (Å²) in [6, 6.07) is 0.0409. The van der Waals surface area contributed by atoms with Gasteiger partial charge in [-0.25, -0.2) is 12.7 Å². The van der Waals surface area contributed by atoms with E-state index in [2.05, 4.69) is 10.2 Å². The summed E-state index contributed by atoms with van der Waals surface area (Å²) in [5.41, 5.74) is 0. The topological polar surface area (TPSA) is 52.7 Å². The van der Waals surface area contributed by atoms with Crippen LogP contribution in [0, 0.1) is 0 Å². The van der Waals surface area contributed by atoms with Gasteiger partial charge in [-0.1, -0.05) is 0 Å². The molecular weight excluding hydrogens is 238 g/mol. The Balaban J connectivity index is 2.29. The van der Waals surface area contributed by atoms with Crippen LogP contribution in [-0.2, 0) is 10.0 Å². The summed E-state index contributed by atoms with van der Waals surface area (Å²) in [7, 11) is -1.41. The molecule has 0 atom stereocenters. The highest BCUT2D eigenvalue weighted by Crippen LogP contribution is 2.06. The fourth-order valence-electron chi connectivity index (χ4n) is 1.87. The summed E-state index contributed by atoms with van der Waals surface area (Å²) in [6.07, 6.45) is 0.722. The van der Waals surface area contributed by atoms with Gasteiger partial charge in [-0.3, -0.25) is 0 Å². The van der Waals surface area contributed by atoms with Crippen molar-refractivity contribution in [3.05, 3.63) is 0 Å². The van der Waals surface area contributed by atoms with E-state index in [1.807, 2.05) is 13.8 Å². The van der Waals surface area contributed by atoms with Gasteiger partial charge < -0.3 is 10.2 Å². The number of nitrogens with zero attached hydrogens (tertiary/aromatic N) is 2. The molecule has 1 saturated heterocycles. The number of hydrogen-bond acceptors (Lipinski definition) is 4. The normalized spacial score (nSPS) is 19.1. The predicted octanol–water partition coefficient (Wildman–Crippen LogP) is -0.0483. The maximum atomic E-state index is 11.9. The van der Waals surface area contributed by atoms with E-state index in [1.165, 1.54) is 4.31 Å². The van der Waals surface area contributed by atoms with Crippen molar-refractivity contribution in [2.24, 2.45) is 0 Å². The van der Waals surface area contributed by atoms with Crippen LogP contribution in [0.1, 0.15) is 20.3 Å². The van der Waals surface area contributed by atoms with Gasteiger partial charge in [-0.15, -0.1) is 0 Å². The maximum Gasteiger partial charge on any atom is 0.214 e. The molecule has 0 amide bonds. The first kappa shape index (κ1) is 14.9. The van der Waals surface area contributed by atoms with Crippen LogP contribution in [0.25, 0.3) is 0 Å². The second-order valence-corrected chi connectivity index (χ2v) is 7.02. The van der Waals surface area contributed by atoms with Gasteiger partial charge in [0, 0.05) is 39.3 Å². The highest BCUT2D eigenvalue weighted by atomic mass is 32.2. The first-order valence-corrected chi connectivity index (χ1v) is 7.93. The Morgan fingerprint density at radius 1 is 1.29 bits per heavy atom. The molecule has 1 aliphatic rings. The van der Waals surface area contributed by atoms with Crippen molar-refractivity contribution in [1.29, 1.82) is 0 Å². The second kappa shape index (κ2) is 6.68. The molecule has 5 nitrogen and oxygen atoms in total. The molecular formula is C11H25N3O2S. The zero-order valence-electron chi connectivity index (χ0n) is 11.1. The van der Waals surface area contributed by atoms with Gasteiger partial charge in [0.1, 0.15) is 0 Å². The molecule has 0 aromatic carbocycles. The van der Waals surface area contributed by atoms with Crippen LogP contribution in [0.4, 0.5) is 0 Å². The van der Waals surface area contributed by atoms with E-state index in [1.54, 1.807) is 7.05 Å². The Morgan fingerprint density at radius 2 is 1.88 bits per heavy atom. The summed E-state index contributed by atoms with van der Waals surface area (Å²) in [5, 5.41) is 3.29. The lowest BCUT2D eigenvalue weighted by molar-refractivity contribution is 0.241. The molecule has 6 heteroatoms. The number of sulfonamides is 1. The van der Waals surface area contributed by atoms with Gasteiger partial charge in [-0.2, -0.15) is 0 Å². The Morgan fingerprint density at radius 3 is 2.41 bits per heavy atom. The monoisotopic (exact) mass is 263 g/mol. The molecule has 1 rings (SSSR count). The molecule has 17 heavy (non-hydrogen) atoms. The fraction of sp³-hybridized carbons (Fsp3) is 1.00. The molecule has 0 saturated carbocycles. The van der Waals surface area contributed by atoms with Crippen molar-refractivity contribution in [2.45, 2.75) is 26.3 Å². The molecule has 1 heterocycles. The average molecular weight is 263 g/mol. The van der Waals surface area contributed by atoms with Crippen molar-refractivity contribution in [1.82, 2.24) is 14.5 Å². The summed E-state index contributed by atoms with van der Waals surface area (Å²) in [4.78, 5) is 2.32. The predicted molar refractivity (Wildman–Crippen MR) is 70.6 cm³/mol. The van der Waals surface area contributed by atoms with Gasteiger partial charge >= 0.3 is 0 Å². The number of hydrogen-bond donors (Lipinski definition) is 1. The minimum Gasteiger partial charge on any atom is -0.314 e. The molecule has 102 valence electrons. The van der Waals surface area contributed by atoms with Crippen LogP contribution in [0.3, 0.4) is 0 Å². The van der Waals surface area contributed by atoms with Gasteiger partial charge in [-0.05, 0) is 26.8 Å². The number of piperazine rings is 1.